The Morgan fingerprint density at radius 2 is 1.90 bits per heavy atom. The first-order valence-electron chi connectivity index (χ1n) is 10.4. The molecule has 0 aromatic carbocycles. The highest BCUT2D eigenvalue weighted by Gasteiger charge is 2.26. The molecule has 3 aromatic heterocycles. The van der Waals surface area contributed by atoms with Crippen LogP contribution < -0.4 is 4.90 Å². The summed E-state index contributed by atoms with van der Waals surface area (Å²) in [5, 5.41) is 0. The SMILES string of the molecule is CCc1cc(N2CCN(Cc3nccn3CC)[C@@H](C)C2)nc(-c2ccncc2)n1. The number of anilines is 1. The van der Waals surface area contributed by atoms with E-state index in [1.807, 2.05) is 18.3 Å². The third-order valence-electron chi connectivity index (χ3n) is 5.64. The van der Waals surface area contributed by atoms with Crippen molar-refractivity contribution in [2.24, 2.45) is 0 Å². The van der Waals surface area contributed by atoms with Crippen LogP contribution in [0.15, 0.2) is 43.0 Å². The molecule has 29 heavy (non-hydrogen) atoms. The molecule has 0 radical (unpaired) electrons. The third-order valence-corrected chi connectivity index (χ3v) is 5.64. The minimum atomic E-state index is 0.426. The largest absolute Gasteiger partial charge is 0.354 e. The van der Waals surface area contributed by atoms with Gasteiger partial charge in [-0.1, -0.05) is 6.92 Å². The van der Waals surface area contributed by atoms with Crippen LogP contribution in [0.4, 0.5) is 5.82 Å². The maximum absolute atomic E-state index is 4.89. The van der Waals surface area contributed by atoms with Crippen LogP contribution in [0, 0.1) is 0 Å². The number of hydrogen-bond acceptors (Lipinski definition) is 6. The van der Waals surface area contributed by atoms with Crippen molar-refractivity contribution in [3.8, 4) is 11.4 Å². The highest BCUT2D eigenvalue weighted by molar-refractivity contribution is 5.57. The Morgan fingerprint density at radius 3 is 2.62 bits per heavy atom. The van der Waals surface area contributed by atoms with Crippen molar-refractivity contribution in [2.75, 3.05) is 24.5 Å². The summed E-state index contributed by atoms with van der Waals surface area (Å²) in [5.74, 6) is 2.94. The molecular formula is C22H29N7. The van der Waals surface area contributed by atoms with E-state index in [4.69, 9.17) is 9.97 Å². The van der Waals surface area contributed by atoms with Gasteiger partial charge < -0.3 is 9.47 Å². The van der Waals surface area contributed by atoms with Gasteiger partial charge in [-0.05, 0) is 32.4 Å². The Balaban J connectivity index is 1.51. The van der Waals surface area contributed by atoms with Crippen LogP contribution >= 0.6 is 0 Å². The second kappa shape index (κ2) is 8.69. The summed E-state index contributed by atoms with van der Waals surface area (Å²) >= 11 is 0. The fourth-order valence-corrected chi connectivity index (χ4v) is 3.86. The molecular weight excluding hydrogens is 362 g/mol. The minimum absolute atomic E-state index is 0.426. The molecule has 0 spiro atoms. The van der Waals surface area contributed by atoms with E-state index < -0.39 is 0 Å². The molecule has 3 aromatic rings. The molecule has 0 saturated carbocycles. The van der Waals surface area contributed by atoms with Crippen molar-refractivity contribution in [3.05, 3.63) is 54.5 Å². The zero-order chi connectivity index (χ0) is 20.2. The van der Waals surface area contributed by atoms with Gasteiger partial charge in [0.15, 0.2) is 5.82 Å². The van der Waals surface area contributed by atoms with Gasteiger partial charge >= 0.3 is 0 Å². The average Bonchev–Trinajstić information content (AvgIpc) is 3.22. The van der Waals surface area contributed by atoms with E-state index in [-0.39, 0.29) is 0 Å². The van der Waals surface area contributed by atoms with E-state index in [2.05, 4.69) is 57.4 Å². The summed E-state index contributed by atoms with van der Waals surface area (Å²) < 4.78 is 2.22. The first-order chi connectivity index (χ1) is 14.2. The van der Waals surface area contributed by atoms with E-state index in [9.17, 15) is 0 Å². The van der Waals surface area contributed by atoms with E-state index in [1.165, 1.54) is 0 Å². The van der Waals surface area contributed by atoms with Crippen molar-refractivity contribution in [3.63, 3.8) is 0 Å². The summed E-state index contributed by atoms with van der Waals surface area (Å²) in [6.07, 6.45) is 8.43. The van der Waals surface area contributed by atoms with Gasteiger partial charge in [-0.3, -0.25) is 9.88 Å². The minimum Gasteiger partial charge on any atom is -0.354 e. The van der Waals surface area contributed by atoms with E-state index in [0.29, 0.717) is 6.04 Å². The van der Waals surface area contributed by atoms with Gasteiger partial charge in [-0.15, -0.1) is 0 Å². The molecule has 0 bridgehead atoms. The fraction of sp³-hybridized carbons (Fsp3) is 0.455. The predicted molar refractivity (Wildman–Crippen MR) is 115 cm³/mol. The van der Waals surface area contributed by atoms with Gasteiger partial charge in [0, 0.05) is 74.3 Å². The molecule has 152 valence electrons. The third kappa shape index (κ3) is 4.29. The van der Waals surface area contributed by atoms with Crippen LogP contribution in [-0.2, 0) is 19.5 Å². The maximum atomic E-state index is 4.89. The highest BCUT2D eigenvalue weighted by atomic mass is 15.3. The van der Waals surface area contributed by atoms with Crippen molar-refractivity contribution in [2.45, 2.75) is 46.3 Å². The topological polar surface area (TPSA) is 63.0 Å². The van der Waals surface area contributed by atoms with Crippen LogP contribution in [0.1, 0.15) is 32.3 Å². The van der Waals surface area contributed by atoms with E-state index in [1.54, 1.807) is 12.4 Å². The molecule has 4 rings (SSSR count). The van der Waals surface area contributed by atoms with Crippen LogP contribution in [0.5, 0.6) is 0 Å². The Hall–Kier alpha value is -2.80. The van der Waals surface area contributed by atoms with E-state index >= 15 is 0 Å². The first-order valence-corrected chi connectivity index (χ1v) is 10.4. The zero-order valence-electron chi connectivity index (χ0n) is 17.5. The summed E-state index contributed by atoms with van der Waals surface area (Å²) in [6, 6.07) is 6.50. The molecule has 7 heteroatoms. The summed E-state index contributed by atoms with van der Waals surface area (Å²) in [7, 11) is 0. The number of aryl methyl sites for hydroxylation is 2. The second-order valence-electron chi connectivity index (χ2n) is 7.53. The molecule has 1 aliphatic rings. The zero-order valence-corrected chi connectivity index (χ0v) is 17.5. The molecule has 0 aliphatic carbocycles. The quantitative estimate of drug-likeness (QED) is 0.644. The lowest BCUT2D eigenvalue weighted by molar-refractivity contribution is 0.174. The number of hydrogen-bond donors (Lipinski definition) is 0. The van der Waals surface area contributed by atoms with Crippen molar-refractivity contribution in [1.82, 2.24) is 29.4 Å². The number of nitrogens with zero attached hydrogens (tertiary/aromatic N) is 7. The molecule has 1 saturated heterocycles. The van der Waals surface area contributed by atoms with E-state index in [0.717, 1.165) is 67.9 Å². The summed E-state index contributed by atoms with van der Waals surface area (Å²) in [6.45, 7) is 11.3. The predicted octanol–water partition coefficient (Wildman–Crippen LogP) is 3.03. The summed E-state index contributed by atoms with van der Waals surface area (Å²) in [4.78, 5) is 23.2. The number of piperazine rings is 1. The summed E-state index contributed by atoms with van der Waals surface area (Å²) in [5.41, 5.74) is 2.08. The van der Waals surface area contributed by atoms with Crippen LogP contribution in [0.25, 0.3) is 11.4 Å². The average molecular weight is 392 g/mol. The lowest BCUT2D eigenvalue weighted by atomic mass is 10.1. The Morgan fingerprint density at radius 1 is 1.07 bits per heavy atom. The number of imidazole rings is 1. The van der Waals surface area contributed by atoms with Gasteiger partial charge in [-0.2, -0.15) is 0 Å². The molecule has 1 atom stereocenters. The maximum Gasteiger partial charge on any atom is 0.161 e. The number of aromatic nitrogens is 5. The van der Waals surface area contributed by atoms with Crippen molar-refractivity contribution < 1.29 is 0 Å². The highest BCUT2D eigenvalue weighted by Crippen LogP contribution is 2.23. The van der Waals surface area contributed by atoms with Gasteiger partial charge in [0.05, 0.1) is 6.54 Å². The molecule has 7 nitrogen and oxygen atoms in total. The number of pyridine rings is 1. The Bertz CT molecular complexity index is 937. The standard InChI is InChI=1S/C22H29N7/c1-4-19-14-20(26-22(25-19)18-6-8-23-9-7-18)29-13-12-28(17(3)15-29)16-21-24-10-11-27(21)5-2/h6-11,14,17H,4-5,12-13,15-16H2,1-3H3/t17-/m0/s1. The molecule has 4 heterocycles. The van der Waals surface area contributed by atoms with Crippen molar-refractivity contribution in [1.29, 1.82) is 0 Å². The molecule has 0 amide bonds. The lowest BCUT2D eigenvalue weighted by Gasteiger charge is -2.40. The Labute approximate surface area is 172 Å². The monoisotopic (exact) mass is 391 g/mol. The van der Waals surface area contributed by atoms with Crippen molar-refractivity contribution >= 4 is 5.82 Å². The lowest BCUT2D eigenvalue weighted by Crippen LogP contribution is -2.52. The van der Waals surface area contributed by atoms with Crippen LogP contribution in [-0.4, -0.2) is 55.1 Å². The molecule has 0 unspecified atom stereocenters. The molecule has 1 fully saturated rings. The van der Waals surface area contributed by atoms with Crippen LogP contribution in [0.3, 0.4) is 0 Å². The molecule has 1 aliphatic heterocycles. The smallest absolute Gasteiger partial charge is 0.161 e. The fourth-order valence-electron chi connectivity index (χ4n) is 3.86. The van der Waals surface area contributed by atoms with Gasteiger partial charge in [0.1, 0.15) is 11.6 Å². The Kier molecular flexibility index (Phi) is 5.85. The van der Waals surface area contributed by atoms with Crippen LogP contribution in [0.2, 0.25) is 0 Å². The second-order valence-corrected chi connectivity index (χ2v) is 7.53. The number of rotatable bonds is 6. The first kappa shape index (κ1) is 19.5. The van der Waals surface area contributed by atoms with Gasteiger partial charge in [-0.25, -0.2) is 15.0 Å². The van der Waals surface area contributed by atoms with Gasteiger partial charge in [0.2, 0.25) is 0 Å². The van der Waals surface area contributed by atoms with Gasteiger partial charge in [0.25, 0.3) is 0 Å². The normalized spacial score (nSPS) is 17.6. The molecule has 0 N–H and O–H groups in total.